The van der Waals surface area contributed by atoms with Gasteiger partial charge in [0.1, 0.15) is 11.2 Å². The lowest BCUT2D eigenvalue weighted by Crippen LogP contribution is -2.23. The van der Waals surface area contributed by atoms with Crippen LogP contribution in [0.25, 0.3) is 43.5 Å². The molecule has 1 aromatic heterocycles. The van der Waals surface area contributed by atoms with E-state index >= 15 is 0 Å². The maximum atomic E-state index is 6.98. The molecule has 0 bridgehead atoms. The van der Waals surface area contributed by atoms with Gasteiger partial charge < -0.3 is 8.39 Å². The average Bonchev–Trinajstić information content (AvgIpc) is 3.18. The third kappa shape index (κ3) is 4.38. The second-order valence-electron chi connectivity index (χ2n) is 10.4. The van der Waals surface area contributed by atoms with Crippen LogP contribution in [-0.2, 0) is 6.54 Å². The van der Waals surface area contributed by atoms with Crippen LogP contribution in [-0.4, -0.2) is 0 Å². The Morgan fingerprint density at radius 3 is 1.73 bits per heavy atom. The lowest BCUT2D eigenvalue weighted by Gasteiger charge is -2.26. The summed E-state index contributed by atoms with van der Waals surface area (Å²) in [6.07, 6.45) is 0. The van der Waals surface area contributed by atoms with E-state index in [1.165, 1.54) is 38.2 Å². The molecule has 0 fully saturated rings. The summed E-state index contributed by atoms with van der Waals surface area (Å²) in [5.41, 5.74) is 5.47. The molecule has 0 aliphatic heterocycles. The molecule has 6 aromatic carbocycles. The maximum absolute atomic E-state index is 6.98. The molecule has 1 heterocycles. The highest BCUT2D eigenvalue weighted by molar-refractivity contribution is 7.38. The van der Waals surface area contributed by atoms with Crippen LogP contribution < -0.4 is 4.67 Å². The van der Waals surface area contributed by atoms with Gasteiger partial charge in [0.25, 0.3) is 0 Å². The number of benzene rings is 6. The molecule has 0 N–H and O–H groups in total. The minimum absolute atomic E-state index is 0.0674. The van der Waals surface area contributed by atoms with Crippen molar-refractivity contribution in [3.8, 4) is 0 Å². The Labute approximate surface area is 234 Å². The summed E-state index contributed by atoms with van der Waals surface area (Å²) < 4.78 is 16.3. The van der Waals surface area contributed by atoms with Crippen molar-refractivity contribution in [3.63, 3.8) is 0 Å². The quantitative estimate of drug-likeness (QED) is 0.218. The van der Waals surface area contributed by atoms with E-state index in [1.807, 2.05) is 0 Å². The third-order valence-electron chi connectivity index (χ3n) is 7.92. The van der Waals surface area contributed by atoms with Crippen LogP contribution in [0.2, 0.25) is 0 Å². The Hall–Kier alpha value is -4.30. The number of hydrogen-bond acceptors (Lipinski definition) is 3. The summed E-state index contributed by atoms with van der Waals surface area (Å²) in [4.78, 5) is 0. The summed E-state index contributed by atoms with van der Waals surface area (Å²) in [6, 6.07) is 44.9. The number of rotatable bonds is 5. The molecule has 1 atom stereocenters. The molecule has 0 unspecified atom stereocenters. The average molecular weight is 540 g/mol. The summed E-state index contributed by atoms with van der Waals surface area (Å²) in [5, 5.41) is 6.89. The van der Waals surface area contributed by atoms with E-state index in [2.05, 4.69) is 146 Å². The normalized spacial score (nSPS) is 12.5. The van der Waals surface area contributed by atoms with Crippen molar-refractivity contribution in [2.75, 3.05) is 4.67 Å². The SMILES string of the molecule is Cc1ccccc1CN([C@H](C)c1ccccc1)p1oc2ccc3ccccc3c2c2c(ccc3ccccc32)o1. The second kappa shape index (κ2) is 10.4. The van der Waals surface area contributed by atoms with Gasteiger partial charge in [-0.25, -0.2) is 0 Å². The molecule has 0 aliphatic rings. The molecule has 196 valence electrons. The van der Waals surface area contributed by atoms with Gasteiger partial charge in [0.05, 0.1) is 0 Å². The number of aryl methyl sites for hydroxylation is 1. The molecule has 0 radical (unpaired) electrons. The third-order valence-corrected chi connectivity index (χ3v) is 9.53. The van der Waals surface area contributed by atoms with Crippen molar-refractivity contribution in [2.24, 2.45) is 0 Å². The van der Waals surface area contributed by atoms with Gasteiger partial charge in [-0.3, -0.25) is 0 Å². The van der Waals surface area contributed by atoms with Gasteiger partial charge in [-0.05, 0) is 64.2 Å². The van der Waals surface area contributed by atoms with Crippen LogP contribution >= 0.6 is 8.16 Å². The van der Waals surface area contributed by atoms with E-state index in [0.717, 1.165) is 21.9 Å². The van der Waals surface area contributed by atoms with Crippen LogP contribution in [0.3, 0.4) is 0 Å². The van der Waals surface area contributed by atoms with Crippen LogP contribution in [0.5, 0.6) is 0 Å². The maximum Gasteiger partial charge on any atom is 0.310 e. The first-order valence-corrected chi connectivity index (χ1v) is 14.9. The van der Waals surface area contributed by atoms with Gasteiger partial charge in [0, 0.05) is 23.4 Å². The van der Waals surface area contributed by atoms with Crippen LogP contribution in [0.15, 0.2) is 136 Å². The summed E-state index contributed by atoms with van der Waals surface area (Å²) in [5.74, 6) is 0. The van der Waals surface area contributed by atoms with Crippen LogP contribution in [0.1, 0.15) is 29.7 Å². The van der Waals surface area contributed by atoms with E-state index in [1.54, 1.807) is 0 Å². The summed E-state index contributed by atoms with van der Waals surface area (Å²) in [6.45, 7) is 5.13. The fourth-order valence-electron chi connectivity index (χ4n) is 5.66. The first-order chi connectivity index (χ1) is 19.7. The van der Waals surface area contributed by atoms with E-state index in [0.29, 0.717) is 6.54 Å². The summed E-state index contributed by atoms with van der Waals surface area (Å²) in [7, 11) is -1.51. The largest absolute Gasteiger partial charge is 0.408 e. The molecular weight excluding hydrogens is 509 g/mol. The minimum atomic E-state index is -1.51. The molecule has 40 heavy (non-hydrogen) atoms. The van der Waals surface area contributed by atoms with Crippen LogP contribution in [0, 0.1) is 6.92 Å². The van der Waals surface area contributed by atoms with E-state index in [9.17, 15) is 0 Å². The Morgan fingerprint density at radius 1 is 0.600 bits per heavy atom. The van der Waals surface area contributed by atoms with Crippen molar-refractivity contribution < 1.29 is 8.39 Å². The highest BCUT2D eigenvalue weighted by atomic mass is 31.1. The van der Waals surface area contributed by atoms with Crippen molar-refractivity contribution in [2.45, 2.75) is 26.4 Å². The minimum Gasteiger partial charge on any atom is -0.408 e. The lowest BCUT2D eigenvalue weighted by molar-refractivity contribution is 0.593. The van der Waals surface area contributed by atoms with Gasteiger partial charge in [0.15, 0.2) is 0 Å². The zero-order chi connectivity index (χ0) is 27.1. The molecule has 0 amide bonds. The van der Waals surface area contributed by atoms with Crippen molar-refractivity contribution >= 4 is 51.6 Å². The molecule has 0 aliphatic carbocycles. The lowest BCUT2D eigenvalue weighted by atomic mass is 9.99. The van der Waals surface area contributed by atoms with Gasteiger partial charge in [-0.1, -0.05) is 115 Å². The predicted octanol–water partition coefficient (Wildman–Crippen LogP) is 10.8. The molecular formula is C36H30NO2P. The highest BCUT2D eigenvalue weighted by Crippen LogP contribution is 2.45. The van der Waals surface area contributed by atoms with Crippen molar-refractivity contribution in [3.05, 3.63) is 144 Å². The highest BCUT2D eigenvalue weighted by Gasteiger charge is 2.24. The fraction of sp³-hybridized carbons (Fsp3) is 0.111. The monoisotopic (exact) mass is 539 g/mol. The van der Waals surface area contributed by atoms with Crippen molar-refractivity contribution in [1.82, 2.24) is 0 Å². The van der Waals surface area contributed by atoms with Gasteiger partial charge >= 0.3 is 8.16 Å². The Kier molecular flexibility index (Phi) is 6.40. The molecule has 0 saturated heterocycles. The molecule has 7 aromatic rings. The number of nitrogens with zero attached hydrogens (tertiary/aromatic N) is 1. The molecule has 0 spiro atoms. The van der Waals surface area contributed by atoms with Crippen LogP contribution in [0.4, 0.5) is 0 Å². The zero-order valence-electron chi connectivity index (χ0n) is 22.6. The smallest absolute Gasteiger partial charge is 0.310 e. The van der Waals surface area contributed by atoms with Gasteiger partial charge in [-0.15, -0.1) is 0 Å². The van der Waals surface area contributed by atoms with E-state index < -0.39 is 8.16 Å². The fourth-order valence-corrected chi connectivity index (χ4v) is 7.24. The Bertz CT molecular complexity index is 1930. The standard InChI is InChI=1S/C36H30NO2P/c1-25-12-6-7-17-30(25)24-37(26(2)27-13-4-3-5-14-27)40-38-33-22-20-28-15-8-10-18-31(28)35(33)36-32-19-11-9-16-29(32)21-23-34(36)39-40/h3-23,26H,24H2,1-2H3/t26-/m1/s1. The van der Waals surface area contributed by atoms with E-state index in [4.69, 9.17) is 8.39 Å². The topological polar surface area (TPSA) is 29.5 Å². The van der Waals surface area contributed by atoms with Crippen molar-refractivity contribution in [1.29, 1.82) is 0 Å². The summed E-state index contributed by atoms with van der Waals surface area (Å²) >= 11 is 0. The predicted molar refractivity (Wildman–Crippen MR) is 169 cm³/mol. The number of fused-ring (bicyclic) bond motifs is 7. The molecule has 0 saturated carbocycles. The first kappa shape index (κ1) is 24.7. The molecule has 3 nitrogen and oxygen atoms in total. The second-order valence-corrected chi connectivity index (χ2v) is 11.7. The Balaban J connectivity index is 1.57. The van der Waals surface area contributed by atoms with Gasteiger partial charge in [0.2, 0.25) is 0 Å². The Morgan fingerprint density at radius 2 is 1.12 bits per heavy atom. The number of hydrogen-bond donors (Lipinski definition) is 0. The van der Waals surface area contributed by atoms with Gasteiger partial charge in [-0.2, -0.15) is 4.67 Å². The molecule has 4 heteroatoms. The van der Waals surface area contributed by atoms with E-state index in [-0.39, 0.29) is 6.04 Å². The molecule has 7 rings (SSSR count). The first-order valence-electron chi connectivity index (χ1n) is 13.7. The zero-order valence-corrected chi connectivity index (χ0v) is 23.5.